The van der Waals surface area contributed by atoms with Crippen LogP contribution in [0.3, 0.4) is 0 Å². The first-order chi connectivity index (χ1) is 27.6. The Kier molecular flexibility index (Phi) is 38.7. The van der Waals surface area contributed by atoms with Crippen molar-refractivity contribution in [3.8, 4) is 0 Å². The second kappa shape index (κ2) is 40.4. The normalized spacial score (nSPS) is 15.0. The molecule has 0 aliphatic rings. The first-order valence-corrected chi connectivity index (χ1v) is 23.5. The lowest BCUT2D eigenvalue weighted by Crippen LogP contribution is -2.29. The predicted octanol–water partition coefficient (Wildman–Crippen LogP) is 10.4. The van der Waals surface area contributed by atoms with Gasteiger partial charge in [0, 0.05) is 19.4 Å². The Balaban J connectivity index is 4.41. The summed E-state index contributed by atoms with van der Waals surface area (Å²) < 4.78 is 32.6. The number of hydrogen-bond donors (Lipinski definition) is 4. The van der Waals surface area contributed by atoms with Gasteiger partial charge in [-0.3, -0.25) is 18.6 Å². The molecule has 5 N–H and O–H groups in total. The van der Waals surface area contributed by atoms with E-state index in [2.05, 4.69) is 32.1 Å². The minimum Gasteiger partial charge on any atom is -0.462 e. The van der Waals surface area contributed by atoms with Gasteiger partial charge in [0.25, 0.3) is 0 Å². The van der Waals surface area contributed by atoms with Crippen LogP contribution in [0.1, 0.15) is 168 Å². The van der Waals surface area contributed by atoms with Crippen LogP contribution in [0.5, 0.6) is 0 Å². The summed E-state index contributed by atoms with van der Waals surface area (Å²) in [7, 11) is -4.44. The van der Waals surface area contributed by atoms with Crippen molar-refractivity contribution < 1.29 is 47.8 Å². The van der Waals surface area contributed by atoms with E-state index < -0.39 is 44.7 Å². The molecule has 1 unspecified atom stereocenters. The van der Waals surface area contributed by atoms with Crippen molar-refractivity contribution >= 4 is 19.8 Å². The maximum Gasteiger partial charge on any atom is 0.472 e. The summed E-state index contributed by atoms with van der Waals surface area (Å²) in [6.45, 7) is 3.37. The van der Waals surface area contributed by atoms with Gasteiger partial charge in [0.15, 0.2) is 6.10 Å². The van der Waals surface area contributed by atoms with Gasteiger partial charge in [-0.15, -0.1) is 0 Å². The summed E-state index contributed by atoms with van der Waals surface area (Å²) in [4.78, 5) is 34.9. The summed E-state index contributed by atoms with van der Waals surface area (Å²) in [6.07, 6.45) is 40.2. The molecule has 12 heteroatoms. The molecule has 0 heterocycles. The SMILES string of the molecule is CCCCC/C=C\C[C@@H](O)/C=C/C=C/C=C\[C@@H](O)CCCC(=O)OC[C@H](COP(=O)(O)OCCN)OC(=O)CCCCCCCCC/C=C\CCCCCCCC. The lowest BCUT2D eigenvalue weighted by atomic mass is 10.1. The van der Waals surface area contributed by atoms with Crippen molar-refractivity contribution in [3.05, 3.63) is 60.8 Å². The number of ether oxygens (including phenoxy) is 2. The third-order valence-corrected chi connectivity index (χ3v) is 10.1. The molecular weight excluding hydrogens is 745 g/mol. The summed E-state index contributed by atoms with van der Waals surface area (Å²) in [5.74, 6) is -1.08. The molecule has 0 amide bonds. The van der Waals surface area contributed by atoms with Gasteiger partial charge < -0.3 is 30.3 Å². The highest BCUT2D eigenvalue weighted by Crippen LogP contribution is 2.43. The minimum absolute atomic E-state index is 0.0156. The lowest BCUT2D eigenvalue weighted by molar-refractivity contribution is -0.161. The smallest absolute Gasteiger partial charge is 0.462 e. The van der Waals surface area contributed by atoms with Gasteiger partial charge >= 0.3 is 19.8 Å². The number of hydrogen-bond acceptors (Lipinski definition) is 10. The van der Waals surface area contributed by atoms with E-state index in [9.17, 15) is 29.3 Å². The Morgan fingerprint density at radius 2 is 1.12 bits per heavy atom. The van der Waals surface area contributed by atoms with E-state index >= 15 is 0 Å². The van der Waals surface area contributed by atoms with Crippen molar-refractivity contribution in [1.29, 1.82) is 0 Å². The van der Waals surface area contributed by atoms with Gasteiger partial charge in [0.05, 0.1) is 25.4 Å². The number of aliphatic hydroxyl groups excluding tert-OH is 2. The summed E-state index contributed by atoms with van der Waals surface area (Å²) in [5.41, 5.74) is 5.33. The first-order valence-electron chi connectivity index (χ1n) is 22.0. The second-order valence-electron chi connectivity index (χ2n) is 14.6. The Bertz CT molecular complexity index is 1150. The fraction of sp³-hybridized carbons (Fsp3) is 0.733. The van der Waals surface area contributed by atoms with Gasteiger partial charge in [0.2, 0.25) is 0 Å². The molecule has 11 nitrogen and oxygen atoms in total. The third kappa shape index (κ3) is 40.2. The molecule has 0 saturated carbocycles. The fourth-order valence-electron chi connectivity index (χ4n) is 5.70. The highest BCUT2D eigenvalue weighted by molar-refractivity contribution is 7.47. The van der Waals surface area contributed by atoms with Gasteiger partial charge in [-0.2, -0.15) is 0 Å². The summed E-state index contributed by atoms with van der Waals surface area (Å²) >= 11 is 0. The van der Waals surface area contributed by atoms with E-state index in [4.69, 9.17) is 24.3 Å². The monoisotopic (exact) mass is 826 g/mol. The van der Waals surface area contributed by atoms with Crippen LogP contribution in [0.2, 0.25) is 0 Å². The van der Waals surface area contributed by atoms with Crippen LogP contribution in [0.25, 0.3) is 0 Å². The molecule has 0 radical (unpaired) electrons. The number of allylic oxidation sites excluding steroid dienone is 7. The zero-order valence-electron chi connectivity index (χ0n) is 35.5. The Morgan fingerprint density at radius 1 is 0.614 bits per heavy atom. The number of rotatable bonds is 40. The number of nitrogens with two attached hydrogens (primary N) is 1. The number of aliphatic hydroxyl groups is 2. The molecule has 0 aromatic heterocycles. The number of carbonyl (C=O) groups is 2. The first kappa shape index (κ1) is 54.6. The van der Waals surface area contributed by atoms with Gasteiger partial charge in [0.1, 0.15) is 6.61 Å². The average Bonchev–Trinajstić information content (AvgIpc) is 3.19. The molecule has 330 valence electrons. The van der Waals surface area contributed by atoms with Crippen LogP contribution in [-0.2, 0) is 32.7 Å². The quantitative estimate of drug-likeness (QED) is 0.0152. The van der Waals surface area contributed by atoms with Crippen LogP contribution < -0.4 is 5.73 Å². The molecule has 4 atom stereocenters. The molecule has 0 fully saturated rings. The van der Waals surface area contributed by atoms with E-state index in [-0.39, 0.29) is 32.6 Å². The maximum atomic E-state index is 12.6. The van der Waals surface area contributed by atoms with E-state index in [0.29, 0.717) is 25.7 Å². The molecule has 0 bridgehead atoms. The van der Waals surface area contributed by atoms with Gasteiger partial charge in [-0.25, -0.2) is 4.57 Å². The number of carbonyl (C=O) groups excluding carboxylic acids is 2. The Labute approximate surface area is 345 Å². The third-order valence-electron chi connectivity index (χ3n) is 9.07. The van der Waals surface area contributed by atoms with Crippen molar-refractivity contribution in [3.63, 3.8) is 0 Å². The topological polar surface area (TPSA) is 175 Å². The molecule has 0 aliphatic heterocycles. The van der Waals surface area contributed by atoms with Crippen LogP contribution in [0.4, 0.5) is 0 Å². The Morgan fingerprint density at radius 3 is 1.74 bits per heavy atom. The van der Waals surface area contributed by atoms with Crippen molar-refractivity contribution in [2.24, 2.45) is 5.73 Å². The van der Waals surface area contributed by atoms with Crippen LogP contribution in [0.15, 0.2) is 60.8 Å². The van der Waals surface area contributed by atoms with Gasteiger partial charge in [-0.05, 0) is 64.2 Å². The number of phosphoric acid groups is 1. The second-order valence-corrected chi connectivity index (χ2v) is 16.1. The van der Waals surface area contributed by atoms with Gasteiger partial charge in [-0.1, -0.05) is 152 Å². The largest absolute Gasteiger partial charge is 0.472 e. The highest BCUT2D eigenvalue weighted by atomic mass is 31.2. The zero-order valence-corrected chi connectivity index (χ0v) is 36.4. The molecule has 0 saturated heterocycles. The molecule has 0 aromatic rings. The van der Waals surface area contributed by atoms with E-state index in [1.807, 2.05) is 6.08 Å². The van der Waals surface area contributed by atoms with E-state index in [1.165, 1.54) is 83.5 Å². The Hall–Kier alpha value is -2.37. The molecular formula is C45H80NO10P. The van der Waals surface area contributed by atoms with Crippen LogP contribution >= 0.6 is 7.82 Å². The van der Waals surface area contributed by atoms with Crippen molar-refractivity contribution in [2.75, 3.05) is 26.4 Å². The molecule has 0 spiro atoms. The summed E-state index contributed by atoms with van der Waals surface area (Å²) in [6, 6.07) is 0. The maximum absolute atomic E-state index is 12.6. The minimum atomic E-state index is -4.44. The average molecular weight is 826 g/mol. The van der Waals surface area contributed by atoms with Crippen LogP contribution in [-0.4, -0.2) is 71.7 Å². The van der Waals surface area contributed by atoms with Crippen molar-refractivity contribution in [1.82, 2.24) is 0 Å². The molecule has 0 rings (SSSR count). The molecule has 0 aromatic carbocycles. The standard InChI is InChI=1S/C45H80NO10P/c1-3-5-7-9-11-12-13-14-15-16-17-18-19-20-21-23-29-35-45(50)56-43(40-55-57(51,52)54-38-37-46)39-53-44(49)36-30-34-42(48)33-28-25-24-27-32-41(47)31-26-22-10-8-6-4-2/h14-15,22,24-28,32-33,41-43,47-48H,3-13,16-21,23,29-31,34-40,46H2,1-2H3,(H,51,52)/b15-14-,25-24+,26-22-,32-27+,33-28-/t41-,42-,43-/m1/s1. The van der Waals surface area contributed by atoms with Crippen LogP contribution in [0, 0.1) is 0 Å². The number of unbranched alkanes of at least 4 members (excludes halogenated alkanes) is 16. The zero-order chi connectivity index (χ0) is 42.1. The fourth-order valence-corrected chi connectivity index (χ4v) is 6.47. The summed E-state index contributed by atoms with van der Waals surface area (Å²) in [5, 5.41) is 20.3. The predicted molar refractivity (Wildman–Crippen MR) is 231 cm³/mol. The van der Waals surface area contributed by atoms with E-state index in [1.54, 1.807) is 36.5 Å². The highest BCUT2D eigenvalue weighted by Gasteiger charge is 2.26. The number of phosphoric ester groups is 1. The van der Waals surface area contributed by atoms with Crippen molar-refractivity contribution in [2.45, 2.75) is 186 Å². The number of esters is 2. The molecule has 57 heavy (non-hydrogen) atoms. The molecule has 0 aliphatic carbocycles. The lowest BCUT2D eigenvalue weighted by Gasteiger charge is -2.20. The van der Waals surface area contributed by atoms with E-state index in [0.717, 1.165) is 32.1 Å².